The van der Waals surface area contributed by atoms with Crippen LogP contribution in [-0.2, 0) is 27.9 Å². The van der Waals surface area contributed by atoms with Crippen LogP contribution in [0.3, 0.4) is 0 Å². The molecule has 0 aromatic heterocycles. The van der Waals surface area contributed by atoms with Crippen molar-refractivity contribution in [3.63, 3.8) is 0 Å². The maximum absolute atomic E-state index is 12.1. The zero-order chi connectivity index (χ0) is 41.1. The molecule has 0 aliphatic carbocycles. The molecule has 2 atom stereocenters. The van der Waals surface area contributed by atoms with E-state index < -0.39 is 26.5 Å². The lowest BCUT2D eigenvalue weighted by molar-refractivity contribution is -0.147. The van der Waals surface area contributed by atoms with Crippen molar-refractivity contribution < 1.29 is 37.9 Å². The molecule has 3 N–H and O–H groups in total. The number of phosphoric acid groups is 1. The number of hydrogen-bond acceptors (Lipinski definition) is 7. The predicted octanol–water partition coefficient (Wildman–Crippen LogP) is 11.8. The number of carbonyl (C=O) groups excluding carboxylic acids is 2. The van der Waals surface area contributed by atoms with Gasteiger partial charge in [0.05, 0.1) is 13.2 Å². The number of carbonyl (C=O) groups is 2. The lowest BCUT2D eigenvalue weighted by Crippen LogP contribution is -2.27. The van der Waals surface area contributed by atoms with Crippen molar-refractivity contribution in [3.05, 3.63) is 97.2 Å². The Labute approximate surface area is 340 Å². The molecule has 0 radical (unpaired) electrons. The van der Waals surface area contributed by atoms with E-state index in [2.05, 4.69) is 116 Å². The van der Waals surface area contributed by atoms with Crippen molar-refractivity contribution in [2.24, 2.45) is 0 Å². The summed E-state index contributed by atoms with van der Waals surface area (Å²) < 4.78 is 26.8. The average molecular weight is 802 g/mol. The number of hydrogen-bond donors (Lipinski definition) is 3. The van der Waals surface area contributed by atoms with Gasteiger partial charge in [-0.2, -0.15) is 0 Å². The van der Waals surface area contributed by atoms with E-state index >= 15 is 0 Å². The van der Waals surface area contributed by atoms with Crippen LogP contribution in [0.5, 0.6) is 0 Å². The van der Waals surface area contributed by atoms with E-state index in [4.69, 9.17) is 13.8 Å². The first-order valence-corrected chi connectivity index (χ1v) is 22.7. The number of nitrogens with one attached hydrogen (secondary N) is 1. The van der Waals surface area contributed by atoms with Crippen LogP contribution < -0.4 is 5.32 Å². The van der Waals surface area contributed by atoms with Crippen molar-refractivity contribution in [2.75, 3.05) is 26.4 Å². The second-order valence-electron chi connectivity index (χ2n) is 13.6. The molecule has 0 bridgehead atoms. The average Bonchev–Trinajstić information content (AvgIpc) is 3.18. The zero-order valence-corrected chi connectivity index (χ0v) is 35.7. The Morgan fingerprint density at radius 1 is 0.571 bits per heavy atom. The molecular weight excluding hydrogens is 725 g/mol. The van der Waals surface area contributed by atoms with Crippen molar-refractivity contribution in [1.82, 2.24) is 5.32 Å². The van der Waals surface area contributed by atoms with Crippen LogP contribution >= 0.6 is 7.82 Å². The van der Waals surface area contributed by atoms with E-state index in [0.29, 0.717) is 12.8 Å². The van der Waals surface area contributed by atoms with Crippen LogP contribution in [0.4, 0.5) is 0 Å². The number of ether oxygens (including phenoxy) is 1. The maximum Gasteiger partial charge on any atom is 0.472 e. The van der Waals surface area contributed by atoms with Gasteiger partial charge >= 0.3 is 13.8 Å². The van der Waals surface area contributed by atoms with Crippen LogP contribution in [0, 0.1) is 0 Å². The van der Waals surface area contributed by atoms with Gasteiger partial charge in [-0.15, -0.1) is 0 Å². The van der Waals surface area contributed by atoms with Crippen LogP contribution in [-0.4, -0.2) is 54.3 Å². The van der Waals surface area contributed by atoms with Gasteiger partial charge in [-0.3, -0.25) is 18.6 Å². The highest BCUT2D eigenvalue weighted by molar-refractivity contribution is 7.47. The van der Waals surface area contributed by atoms with Crippen LogP contribution in [0.25, 0.3) is 0 Å². The Kier molecular flexibility index (Phi) is 39.3. The number of allylic oxidation sites excluding steroid dienone is 16. The third-order valence-electron chi connectivity index (χ3n) is 8.25. The second kappa shape index (κ2) is 41.6. The van der Waals surface area contributed by atoms with Crippen molar-refractivity contribution in [1.29, 1.82) is 0 Å². The van der Waals surface area contributed by atoms with Crippen molar-refractivity contribution >= 4 is 19.7 Å². The topological polar surface area (TPSA) is 131 Å². The number of aliphatic hydroxyl groups is 1. The number of rotatable bonds is 38. The highest BCUT2D eigenvalue weighted by Gasteiger charge is 2.23. The summed E-state index contributed by atoms with van der Waals surface area (Å²) >= 11 is 0. The van der Waals surface area contributed by atoms with Gasteiger partial charge < -0.3 is 20.1 Å². The summed E-state index contributed by atoms with van der Waals surface area (Å²) in [5.41, 5.74) is 0. The Hall–Kier alpha value is -3.07. The highest BCUT2D eigenvalue weighted by Crippen LogP contribution is 2.42. The van der Waals surface area contributed by atoms with E-state index in [1.807, 2.05) is 0 Å². The fourth-order valence-corrected chi connectivity index (χ4v) is 5.82. The smallest absolute Gasteiger partial charge is 0.463 e. The minimum Gasteiger partial charge on any atom is -0.463 e. The molecule has 0 fully saturated rings. The monoisotopic (exact) mass is 802 g/mol. The summed E-state index contributed by atoms with van der Waals surface area (Å²) in [5, 5.41) is 12.6. The summed E-state index contributed by atoms with van der Waals surface area (Å²) in [6, 6.07) is 0. The minimum atomic E-state index is -4.44. The maximum atomic E-state index is 12.1. The number of unbranched alkanes of at least 4 members (excludes halogenated alkanes) is 9. The first-order chi connectivity index (χ1) is 27.3. The Bertz CT molecular complexity index is 1230. The highest BCUT2D eigenvalue weighted by atomic mass is 31.2. The molecule has 1 amide bonds. The Balaban J connectivity index is 3.75. The van der Waals surface area contributed by atoms with Crippen LogP contribution in [0.1, 0.15) is 149 Å². The largest absolute Gasteiger partial charge is 0.472 e. The fraction of sp³-hybridized carbons (Fsp3) is 0.609. The molecule has 0 aliphatic rings. The van der Waals surface area contributed by atoms with Gasteiger partial charge in [0, 0.05) is 19.4 Å². The molecule has 0 spiro atoms. The molecular formula is C46H76NO8P. The molecule has 0 saturated carbocycles. The molecule has 0 aromatic rings. The van der Waals surface area contributed by atoms with Crippen LogP contribution in [0.2, 0.25) is 0 Å². The zero-order valence-electron chi connectivity index (χ0n) is 34.8. The molecule has 0 aliphatic heterocycles. The summed E-state index contributed by atoms with van der Waals surface area (Å²) in [4.78, 5) is 33.8. The third-order valence-corrected chi connectivity index (χ3v) is 9.23. The lowest BCUT2D eigenvalue weighted by atomic mass is 10.1. The quantitative estimate of drug-likeness (QED) is 0.0243. The van der Waals surface area contributed by atoms with Gasteiger partial charge in [-0.25, -0.2) is 4.57 Å². The van der Waals surface area contributed by atoms with Gasteiger partial charge in [0.2, 0.25) is 5.91 Å². The molecule has 56 heavy (non-hydrogen) atoms. The SMILES string of the molecule is CC/C=C\C/C=C\C/C=C\C/C=C\C/C=C\C/C=C\C/C=C\CCCC(=O)NCCOP(=O)(O)OCC(O)COC(=O)CCCCCCC/C=C\CCCCC. The second-order valence-corrected chi connectivity index (χ2v) is 15.0. The standard InChI is InChI=1S/C46H76NO8P/c1-3-5-7-9-11-13-15-17-18-19-20-21-22-23-24-25-26-27-28-30-32-34-36-38-45(49)47-40-41-54-56(51,52)55-43-44(48)42-53-46(50)39-37-35-33-31-29-16-14-12-10-8-6-4-2/h5,7,11-14,17-18,20-21,23-24,26-27,30,32,44,48H,3-4,6,8-10,15-16,19,22,25,28-29,31,33-43H2,1-2H3,(H,47,49)(H,51,52)/b7-5-,13-11-,14-12-,18-17-,21-20-,24-23-,27-26-,32-30-. The van der Waals surface area contributed by atoms with E-state index in [1.165, 1.54) is 25.7 Å². The van der Waals surface area contributed by atoms with Crippen LogP contribution in [0.15, 0.2) is 97.2 Å². The fourth-order valence-electron chi connectivity index (χ4n) is 5.07. The van der Waals surface area contributed by atoms with E-state index in [-0.39, 0.29) is 32.1 Å². The van der Waals surface area contributed by atoms with Crippen molar-refractivity contribution in [2.45, 2.75) is 155 Å². The molecule has 0 heterocycles. The first kappa shape index (κ1) is 52.9. The lowest BCUT2D eigenvalue weighted by Gasteiger charge is -2.15. The van der Waals surface area contributed by atoms with Gasteiger partial charge in [0.1, 0.15) is 12.7 Å². The molecule has 318 valence electrons. The molecule has 9 nitrogen and oxygen atoms in total. The van der Waals surface area contributed by atoms with Gasteiger partial charge in [-0.05, 0) is 89.9 Å². The van der Waals surface area contributed by atoms with E-state index in [9.17, 15) is 24.2 Å². The Morgan fingerprint density at radius 2 is 1.04 bits per heavy atom. The van der Waals surface area contributed by atoms with Gasteiger partial charge in [0.25, 0.3) is 0 Å². The van der Waals surface area contributed by atoms with Crippen molar-refractivity contribution in [3.8, 4) is 0 Å². The summed E-state index contributed by atoms with van der Waals surface area (Å²) in [6.07, 6.45) is 53.5. The number of aliphatic hydroxyl groups excluding tert-OH is 1. The minimum absolute atomic E-state index is 0.0433. The number of phosphoric ester groups is 1. The summed E-state index contributed by atoms with van der Waals surface area (Å²) in [7, 11) is -4.44. The predicted molar refractivity (Wildman–Crippen MR) is 233 cm³/mol. The van der Waals surface area contributed by atoms with Gasteiger partial charge in [-0.1, -0.05) is 143 Å². The molecule has 0 rings (SSSR count). The third kappa shape index (κ3) is 42.1. The normalized spacial score (nSPS) is 14.3. The first-order valence-electron chi connectivity index (χ1n) is 21.2. The number of amides is 1. The molecule has 0 saturated heterocycles. The summed E-state index contributed by atoms with van der Waals surface area (Å²) in [6.45, 7) is 3.30. The molecule has 10 heteroatoms. The van der Waals surface area contributed by atoms with E-state index in [0.717, 1.165) is 89.9 Å². The van der Waals surface area contributed by atoms with Gasteiger partial charge in [0.15, 0.2) is 0 Å². The molecule has 2 unspecified atom stereocenters. The Morgan fingerprint density at radius 3 is 1.59 bits per heavy atom. The van der Waals surface area contributed by atoms with E-state index in [1.54, 1.807) is 0 Å². The molecule has 0 aromatic carbocycles. The number of esters is 1. The summed E-state index contributed by atoms with van der Waals surface area (Å²) in [5.74, 6) is -0.596.